The van der Waals surface area contributed by atoms with Gasteiger partial charge in [-0.3, -0.25) is 0 Å². The molecule has 1 aromatic carbocycles. The number of nitrogens with one attached hydrogen (secondary N) is 1. The number of tetrazole rings is 1. The summed E-state index contributed by atoms with van der Waals surface area (Å²) in [6.07, 6.45) is 1.14. The molecule has 7 heteroatoms. The molecular formula is C14H19F2N5. The number of aryl methyl sites for hydroxylation is 2. The number of benzene rings is 1. The second-order valence-electron chi connectivity index (χ2n) is 5.00. The molecule has 1 unspecified atom stereocenters. The van der Waals surface area contributed by atoms with Crippen LogP contribution in [-0.2, 0) is 13.5 Å². The third kappa shape index (κ3) is 3.60. The van der Waals surface area contributed by atoms with Crippen LogP contribution in [0.1, 0.15) is 36.3 Å². The minimum atomic E-state index is -0.560. The van der Waals surface area contributed by atoms with Gasteiger partial charge in [-0.1, -0.05) is 13.0 Å². The normalized spacial score (nSPS) is 12.6. The molecule has 1 N–H and O–H groups in total. The van der Waals surface area contributed by atoms with Crippen LogP contribution < -0.4 is 5.32 Å². The maximum absolute atomic E-state index is 14.3. The fourth-order valence-electron chi connectivity index (χ4n) is 2.18. The Kier molecular flexibility index (Phi) is 4.95. The molecule has 1 heterocycles. The first kappa shape index (κ1) is 15.5. The second kappa shape index (κ2) is 6.71. The number of halogens is 2. The number of hydrogen-bond donors (Lipinski definition) is 1. The van der Waals surface area contributed by atoms with Gasteiger partial charge in [0, 0.05) is 18.0 Å². The average Bonchev–Trinajstić information content (AvgIpc) is 2.86. The highest BCUT2D eigenvalue weighted by molar-refractivity contribution is 5.29. The van der Waals surface area contributed by atoms with E-state index in [0.717, 1.165) is 6.42 Å². The van der Waals surface area contributed by atoms with E-state index in [9.17, 15) is 8.78 Å². The maximum atomic E-state index is 14.3. The molecule has 2 rings (SSSR count). The molecule has 0 aliphatic rings. The van der Waals surface area contributed by atoms with E-state index < -0.39 is 17.7 Å². The summed E-state index contributed by atoms with van der Waals surface area (Å²) < 4.78 is 28.4. The molecule has 1 atom stereocenters. The first-order valence-corrected chi connectivity index (χ1v) is 6.93. The average molecular weight is 295 g/mol. The Morgan fingerprint density at radius 1 is 1.33 bits per heavy atom. The Morgan fingerprint density at radius 3 is 2.71 bits per heavy atom. The van der Waals surface area contributed by atoms with E-state index >= 15 is 0 Å². The van der Waals surface area contributed by atoms with Crippen LogP contribution in [0.15, 0.2) is 12.1 Å². The lowest BCUT2D eigenvalue weighted by atomic mass is 9.99. The summed E-state index contributed by atoms with van der Waals surface area (Å²) in [6, 6.07) is 2.21. The van der Waals surface area contributed by atoms with E-state index in [1.54, 1.807) is 14.0 Å². The van der Waals surface area contributed by atoms with Crippen LogP contribution in [0.25, 0.3) is 0 Å². The van der Waals surface area contributed by atoms with Crippen LogP contribution in [0.2, 0.25) is 0 Å². The standard InChI is InChI=1S/C14H19F2N5/c1-4-7-17-11(8-12-18-20-21(3)19-12)13-10(15)6-5-9(2)14(13)16/h5-6,11,17H,4,7-8H2,1-3H3. The Hall–Kier alpha value is -1.89. The molecule has 1 aromatic heterocycles. The SMILES string of the molecule is CCCNC(Cc1nnn(C)n1)c1c(F)ccc(C)c1F. The van der Waals surface area contributed by atoms with Crippen molar-refractivity contribution in [2.24, 2.45) is 7.05 Å². The van der Waals surface area contributed by atoms with Crippen molar-refractivity contribution in [2.75, 3.05) is 6.54 Å². The molecule has 0 fully saturated rings. The van der Waals surface area contributed by atoms with Gasteiger partial charge >= 0.3 is 0 Å². The fourth-order valence-corrected chi connectivity index (χ4v) is 2.18. The van der Waals surface area contributed by atoms with Crippen molar-refractivity contribution in [1.82, 2.24) is 25.5 Å². The van der Waals surface area contributed by atoms with Gasteiger partial charge in [-0.25, -0.2) is 8.78 Å². The van der Waals surface area contributed by atoms with Crippen molar-refractivity contribution in [1.29, 1.82) is 0 Å². The molecule has 0 spiro atoms. The summed E-state index contributed by atoms with van der Waals surface area (Å²) in [4.78, 5) is 1.33. The lowest BCUT2D eigenvalue weighted by molar-refractivity contribution is 0.456. The van der Waals surface area contributed by atoms with Crippen LogP contribution in [0.5, 0.6) is 0 Å². The number of aromatic nitrogens is 4. The molecule has 0 bridgehead atoms. The molecule has 21 heavy (non-hydrogen) atoms. The van der Waals surface area contributed by atoms with Crippen molar-refractivity contribution < 1.29 is 8.78 Å². The van der Waals surface area contributed by atoms with Crippen LogP contribution >= 0.6 is 0 Å². The zero-order chi connectivity index (χ0) is 15.4. The van der Waals surface area contributed by atoms with Crippen LogP contribution in [0.3, 0.4) is 0 Å². The lowest BCUT2D eigenvalue weighted by Crippen LogP contribution is -2.26. The van der Waals surface area contributed by atoms with Gasteiger partial charge in [0.15, 0.2) is 5.82 Å². The molecule has 2 aromatic rings. The summed E-state index contributed by atoms with van der Waals surface area (Å²) in [6.45, 7) is 4.26. The maximum Gasteiger partial charge on any atom is 0.176 e. The number of rotatable bonds is 6. The van der Waals surface area contributed by atoms with Crippen molar-refractivity contribution in [3.05, 3.63) is 40.7 Å². The van der Waals surface area contributed by atoms with E-state index in [-0.39, 0.29) is 12.0 Å². The molecule has 0 aliphatic heterocycles. The van der Waals surface area contributed by atoms with Crippen molar-refractivity contribution in [3.63, 3.8) is 0 Å². The van der Waals surface area contributed by atoms with E-state index in [1.165, 1.54) is 16.9 Å². The van der Waals surface area contributed by atoms with Gasteiger partial charge in [0.1, 0.15) is 11.6 Å². The third-order valence-corrected chi connectivity index (χ3v) is 3.25. The predicted octanol–water partition coefficient (Wildman–Crippen LogP) is 2.08. The molecule has 114 valence electrons. The van der Waals surface area contributed by atoms with E-state index in [2.05, 4.69) is 20.7 Å². The van der Waals surface area contributed by atoms with Gasteiger partial charge in [-0.05, 0) is 36.7 Å². The smallest absolute Gasteiger partial charge is 0.176 e. The Labute approximate surface area is 122 Å². The van der Waals surface area contributed by atoms with E-state index in [0.29, 0.717) is 17.9 Å². The molecule has 0 radical (unpaired) electrons. The summed E-state index contributed by atoms with van der Waals surface area (Å²) >= 11 is 0. The van der Waals surface area contributed by atoms with Crippen molar-refractivity contribution in [2.45, 2.75) is 32.7 Å². The van der Waals surface area contributed by atoms with Gasteiger partial charge in [0.25, 0.3) is 0 Å². The largest absolute Gasteiger partial charge is 0.309 e. The van der Waals surface area contributed by atoms with Gasteiger partial charge in [-0.15, -0.1) is 10.2 Å². The third-order valence-electron chi connectivity index (χ3n) is 3.25. The van der Waals surface area contributed by atoms with Crippen LogP contribution in [0, 0.1) is 18.6 Å². The zero-order valence-electron chi connectivity index (χ0n) is 12.4. The van der Waals surface area contributed by atoms with Gasteiger partial charge in [0.05, 0.1) is 7.05 Å². The zero-order valence-corrected chi connectivity index (χ0v) is 12.4. The molecular weight excluding hydrogens is 276 g/mol. The minimum absolute atomic E-state index is 0.0379. The summed E-state index contributed by atoms with van der Waals surface area (Å²) in [7, 11) is 1.65. The molecule has 0 saturated carbocycles. The summed E-state index contributed by atoms with van der Waals surface area (Å²) in [5.41, 5.74) is 0.456. The van der Waals surface area contributed by atoms with Gasteiger partial charge < -0.3 is 5.32 Å². The summed E-state index contributed by atoms with van der Waals surface area (Å²) in [5.74, 6) is -0.630. The fraction of sp³-hybridized carbons (Fsp3) is 0.500. The number of hydrogen-bond acceptors (Lipinski definition) is 4. The van der Waals surface area contributed by atoms with Crippen LogP contribution in [0.4, 0.5) is 8.78 Å². The second-order valence-corrected chi connectivity index (χ2v) is 5.00. The van der Waals surface area contributed by atoms with Gasteiger partial charge in [-0.2, -0.15) is 4.80 Å². The van der Waals surface area contributed by atoms with Crippen molar-refractivity contribution >= 4 is 0 Å². The first-order chi connectivity index (χ1) is 10.0. The molecule has 0 aliphatic carbocycles. The topological polar surface area (TPSA) is 55.6 Å². The van der Waals surface area contributed by atoms with Crippen molar-refractivity contribution in [3.8, 4) is 0 Å². The van der Waals surface area contributed by atoms with E-state index in [1.807, 2.05) is 6.92 Å². The Bertz CT molecular complexity index is 611. The molecule has 0 saturated heterocycles. The first-order valence-electron chi connectivity index (χ1n) is 6.93. The Balaban J connectivity index is 2.33. The van der Waals surface area contributed by atoms with Crippen LogP contribution in [-0.4, -0.2) is 26.8 Å². The quantitative estimate of drug-likeness (QED) is 0.886. The minimum Gasteiger partial charge on any atom is -0.309 e. The molecule has 0 amide bonds. The number of nitrogens with zero attached hydrogens (tertiary/aromatic N) is 4. The Morgan fingerprint density at radius 2 is 2.10 bits per heavy atom. The highest BCUT2D eigenvalue weighted by Crippen LogP contribution is 2.25. The highest BCUT2D eigenvalue weighted by atomic mass is 19.1. The lowest BCUT2D eigenvalue weighted by Gasteiger charge is -2.19. The van der Waals surface area contributed by atoms with Gasteiger partial charge in [0.2, 0.25) is 0 Å². The monoisotopic (exact) mass is 295 g/mol. The highest BCUT2D eigenvalue weighted by Gasteiger charge is 2.23. The molecule has 5 nitrogen and oxygen atoms in total. The predicted molar refractivity (Wildman–Crippen MR) is 74.6 cm³/mol. The summed E-state index contributed by atoms with van der Waals surface area (Å²) in [5, 5.41) is 14.9. The van der Waals surface area contributed by atoms with E-state index in [4.69, 9.17) is 0 Å².